The van der Waals surface area contributed by atoms with Gasteiger partial charge in [-0.15, -0.1) is 10.2 Å². The van der Waals surface area contributed by atoms with Crippen molar-refractivity contribution in [2.24, 2.45) is 5.73 Å². The number of ether oxygens (including phenoxy) is 1. The predicted octanol–water partition coefficient (Wildman–Crippen LogP) is 3.01. The van der Waals surface area contributed by atoms with Crippen LogP contribution in [0.25, 0.3) is 0 Å². The smallest absolute Gasteiger partial charge is 0.191 e. The molecule has 2 aromatic rings. The van der Waals surface area contributed by atoms with Gasteiger partial charge in [-0.2, -0.15) is 0 Å². The van der Waals surface area contributed by atoms with E-state index in [4.69, 9.17) is 10.5 Å². The first-order valence-electron chi connectivity index (χ1n) is 7.14. The maximum Gasteiger partial charge on any atom is 0.191 e. The van der Waals surface area contributed by atoms with E-state index in [0.717, 1.165) is 22.5 Å². The lowest BCUT2D eigenvalue weighted by atomic mass is 10.2. The minimum atomic E-state index is 0.307. The number of hydrogen-bond acceptors (Lipinski definition) is 5. The quantitative estimate of drug-likeness (QED) is 0.797. The van der Waals surface area contributed by atoms with Crippen molar-refractivity contribution in [1.82, 2.24) is 14.8 Å². The van der Waals surface area contributed by atoms with Crippen molar-refractivity contribution in [2.75, 3.05) is 6.61 Å². The highest BCUT2D eigenvalue weighted by atomic mass is 32.2. The molecular weight excluding hydrogens is 284 g/mol. The number of rotatable bonds is 7. The van der Waals surface area contributed by atoms with E-state index < -0.39 is 0 Å². The number of hydrogen-bond donors (Lipinski definition) is 1. The summed E-state index contributed by atoms with van der Waals surface area (Å²) in [5, 5.41) is 9.31. The van der Waals surface area contributed by atoms with E-state index in [0.29, 0.717) is 19.2 Å². The average Bonchev–Trinajstić information content (AvgIpc) is 2.90. The van der Waals surface area contributed by atoms with Gasteiger partial charge in [0.15, 0.2) is 5.16 Å². The molecule has 1 heterocycles. The molecule has 6 heteroatoms. The van der Waals surface area contributed by atoms with Gasteiger partial charge in [-0.1, -0.05) is 23.9 Å². The summed E-state index contributed by atoms with van der Waals surface area (Å²) in [6.45, 7) is 7.31. The molecule has 5 nitrogen and oxygen atoms in total. The predicted molar refractivity (Wildman–Crippen MR) is 85.5 cm³/mol. The monoisotopic (exact) mass is 306 g/mol. The van der Waals surface area contributed by atoms with Crippen LogP contribution >= 0.6 is 11.8 Å². The van der Waals surface area contributed by atoms with E-state index in [-0.39, 0.29) is 0 Å². The molecule has 0 bridgehead atoms. The van der Waals surface area contributed by atoms with Crippen LogP contribution in [0.2, 0.25) is 0 Å². The van der Waals surface area contributed by atoms with Gasteiger partial charge in [0.05, 0.1) is 13.2 Å². The van der Waals surface area contributed by atoms with Crippen LogP contribution in [0.5, 0.6) is 5.75 Å². The first-order chi connectivity index (χ1) is 10.2. The number of aromatic nitrogens is 3. The Balaban J connectivity index is 2.04. The Morgan fingerprint density at radius 1 is 1.24 bits per heavy atom. The molecule has 0 spiro atoms. The standard InChI is InChI=1S/C15H22N4OS/c1-4-20-13-7-5-12(6-8-13)10-21-15-18-17-14(9-16)19(15)11(2)3/h5-8,11H,4,9-10,16H2,1-3H3. The fraction of sp³-hybridized carbons (Fsp3) is 0.467. The zero-order valence-electron chi connectivity index (χ0n) is 12.7. The minimum Gasteiger partial charge on any atom is -0.494 e. The largest absolute Gasteiger partial charge is 0.494 e. The lowest BCUT2D eigenvalue weighted by Crippen LogP contribution is -2.11. The molecule has 0 saturated heterocycles. The van der Waals surface area contributed by atoms with Gasteiger partial charge in [0.1, 0.15) is 11.6 Å². The maximum absolute atomic E-state index is 5.71. The zero-order chi connectivity index (χ0) is 15.2. The summed E-state index contributed by atoms with van der Waals surface area (Å²) >= 11 is 1.68. The fourth-order valence-electron chi connectivity index (χ4n) is 2.06. The molecule has 0 atom stereocenters. The normalized spacial score (nSPS) is 11.1. The molecule has 0 saturated carbocycles. The van der Waals surface area contributed by atoms with Crippen LogP contribution in [-0.4, -0.2) is 21.4 Å². The van der Waals surface area contributed by atoms with Gasteiger partial charge in [0.25, 0.3) is 0 Å². The molecule has 2 rings (SSSR count). The van der Waals surface area contributed by atoms with Crippen molar-refractivity contribution in [3.63, 3.8) is 0 Å². The van der Waals surface area contributed by atoms with Gasteiger partial charge in [-0.05, 0) is 38.5 Å². The second-order valence-electron chi connectivity index (χ2n) is 4.93. The highest BCUT2D eigenvalue weighted by Gasteiger charge is 2.14. The molecule has 0 aliphatic carbocycles. The number of thioether (sulfide) groups is 1. The van der Waals surface area contributed by atoms with Gasteiger partial charge >= 0.3 is 0 Å². The van der Waals surface area contributed by atoms with Crippen LogP contribution in [0.15, 0.2) is 29.4 Å². The molecule has 0 amide bonds. The summed E-state index contributed by atoms with van der Waals surface area (Å²) in [7, 11) is 0. The first kappa shape index (κ1) is 15.9. The zero-order valence-corrected chi connectivity index (χ0v) is 13.6. The Labute approximate surface area is 129 Å². The molecule has 0 fully saturated rings. The second-order valence-corrected chi connectivity index (χ2v) is 5.87. The SMILES string of the molecule is CCOc1ccc(CSc2nnc(CN)n2C(C)C)cc1. The Morgan fingerprint density at radius 2 is 1.95 bits per heavy atom. The summed E-state index contributed by atoms with van der Waals surface area (Å²) < 4.78 is 7.54. The van der Waals surface area contributed by atoms with E-state index in [1.807, 2.05) is 19.1 Å². The lowest BCUT2D eigenvalue weighted by molar-refractivity contribution is 0.340. The molecule has 0 aliphatic rings. The highest BCUT2D eigenvalue weighted by Crippen LogP contribution is 2.25. The van der Waals surface area contributed by atoms with Gasteiger partial charge in [0.2, 0.25) is 0 Å². The summed E-state index contributed by atoms with van der Waals surface area (Å²) in [4.78, 5) is 0. The molecule has 1 aromatic carbocycles. The van der Waals surface area contributed by atoms with Crippen LogP contribution in [0.1, 0.15) is 38.2 Å². The Hall–Kier alpha value is -1.53. The van der Waals surface area contributed by atoms with Crippen LogP contribution < -0.4 is 10.5 Å². The molecule has 0 aliphatic heterocycles. The first-order valence-corrected chi connectivity index (χ1v) is 8.12. The van der Waals surface area contributed by atoms with Gasteiger partial charge in [-0.3, -0.25) is 0 Å². The van der Waals surface area contributed by atoms with Crippen molar-refractivity contribution < 1.29 is 4.74 Å². The van der Waals surface area contributed by atoms with E-state index in [2.05, 4.69) is 40.7 Å². The Morgan fingerprint density at radius 3 is 2.52 bits per heavy atom. The summed E-state index contributed by atoms with van der Waals surface area (Å²) in [6, 6.07) is 8.47. The summed E-state index contributed by atoms with van der Waals surface area (Å²) in [5.74, 6) is 2.59. The number of nitrogens with zero attached hydrogens (tertiary/aromatic N) is 3. The van der Waals surface area contributed by atoms with Crippen molar-refractivity contribution in [3.05, 3.63) is 35.7 Å². The topological polar surface area (TPSA) is 66.0 Å². The molecule has 2 N–H and O–H groups in total. The third-order valence-corrected chi connectivity index (χ3v) is 4.05. The average molecular weight is 306 g/mol. The molecular formula is C15H22N4OS. The van der Waals surface area contributed by atoms with Gasteiger partial charge in [0, 0.05) is 11.8 Å². The summed E-state index contributed by atoms with van der Waals surface area (Å²) in [5.41, 5.74) is 6.94. The third kappa shape index (κ3) is 3.98. The minimum absolute atomic E-state index is 0.307. The molecule has 21 heavy (non-hydrogen) atoms. The van der Waals surface area contributed by atoms with Crippen LogP contribution in [0.4, 0.5) is 0 Å². The number of nitrogens with two attached hydrogens (primary N) is 1. The lowest BCUT2D eigenvalue weighted by Gasteiger charge is -2.12. The number of benzene rings is 1. The van der Waals surface area contributed by atoms with Crippen LogP contribution in [0.3, 0.4) is 0 Å². The van der Waals surface area contributed by atoms with Crippen molar-refractivity contribution >= 4 is 11.8 Å². The van der Waals surface area contributed by atoms with E-state index >= 15 is 0 Å². The van der Waals surface area contributed by atoms with E-state index in [9.17, 15) is 0 Å². The van der Waals surface area contributed by atoms with Crippen molar-refractivity contribution in [2.45, 2.75) is 44.3 Å². The van der Waals surface area contributed by atoms with E-state index in [1.54, 1.807) is 11.8 Å². The summed E-state index contributed by atoms with van der Waals surface area (Å²) in [6.07, 6.45) is 0. The third-order valence-electron chi connectivity index (χ3n) is 3.04. The van der Waals surface area contributed by atoms with Crippen LogP contribution in [-0.2, 0) is 12.3 Å². The second kappa shape index (κ2) is 7.47. The van der Waals surface area contributed by atoms with Crippen LogP contribution in [0, 0.1) is 0 Å². The van der Waals surface area contributed by atoms with E-state index in [1.165, 1.54) is 5.56 Å². The van der Waals surface area contributed by atoms with Gasteiger partial charge in [-0.25, -0.2) is 0 Å². The van der Waals surface area contributed by atoms with Crippen molar-refractivity contribution in [1.29, 1.82) is 0 Å². The molecule has 0 unspecified atom stereocenters. The van der Waals surface area contributed by atoms with Crippen molar-refractivity contribution in [3.8, 4) is 5.75 Å². The maximum atomic E-state index is 5.71. The Bertz CT molecular complexity index is 566. The highest BCUT2D eigenvalue weighted by molar-refractivity contribution is 7.98. The van der Waals surface area contributed by atoms with Gasteiger partial charge < -0.3 is 15.0 Å². The molecule has 1 aromatic heterocycles. The molecule has 114 valence electrons. The fourth-order valence-corrected chi connectivity index (χ4v) is 3.10. The Kier molecular flexibility index (Phi) is 5.64. The molecule has 0 radical (unpaired) electrons.